The Morgan fingerprint density at radius 2 is 2.00 bits per heavy atom. The first-order valence-electron chi connectivity index (χ1n) is 9.67. The summed E-state index contributed by atoms with van der Waals surface area (Å²) in [5.41, 5.74) is 1.20. The minimum atomic E-state index is -0.176. The van der Waals surface area contributed by atoms with E-state index in [0.29, 0.717) is 33.7 Å². The van der Waals surface area contributed by atoms with E-state index in [2.05, 4.69) is 17.2 Å². The number of benzene rings is 1. The van der Waals surface area contributed by atoms with Crippen LogP contribution in [0.25, 0.3) is 0 Å². The number of piperidine rings is 1. The zero-order valence-electron chi connectivity index (χ0n) is 16.2. The predicted octanol–water partition coefficient (Wildman–Crippen LogP) is 3.41. The Morgan fingerprint density at radius 3 is 2.83 bits per heavy atom. The van der Waals surface area contributed by atoms with E-state index in [4.69, 9.17) is 9.47 Å². The number of anilines is 1. The van der Waals surface area contributed by atoms with Crippen LogP contribution in [0.4, 0.5) is 5.69 Å². The van der Waals surface area contributed by atoms with Crippen LogP contribution in [-0.4, -0.2) is 47.3 Å². The average Bonchev–Trinajstić information content (AvgIpc) is 3.20. The molecule has 0 bridgehead atoms. The summed E-state index contributed by atoms with van der Waals surface area (Å²) in [4.78, 5) is 31.5. The maximum absolute atomic E-state index is 12.9. The number of nitrogens with zero attached hydrogens (tertiary/aromatic N) is 2. The molecule has 0 spiro atoms. The number of likely N-dealkylation sites (tertiary alicyclic amines) is 1. The Kier molecular flexibility index (Phi) is 5.89. The number of carbonyl (C=O) groups excluding carboxylic acids is 2. The third-order valence-corrected chi connectivity index (χ3v) is 6.07. The van der Waals surface area contributed by atoms with Gasteiger partial charge in [0.2, 0.25) is 12.7 Å². The SMILES string of the molecule is CC1CCN(C(=O)c2cccnc2SCC(=O)Nc2ccc3c(c2)OCO3)CC1. The zero-order valence-corrected chi connectivity index (χ0v) is 17.0. The predicted molar refractivity (Wildman–Crippen MR) is 110 cm³/mol. The van der Waals surface area contributed by atoms with Crippen molar-refractivity contribution < 1.29 is 19.1 Å². The summed E-state index contributed by atoms with van der Waals surface area (Å²) in [7, 11) is 0. The molecule has 0 radical (unpaired) electrons. The highest BCUT2D eigenvalue weighted by atomic mass is 32.2. The first kappa shape index (κ1) is 19.6. The van der Waals surface area contributed by atoms with E-state index in [1.807, 2.05) is 4.90 Å². The van der Waals surface area contributed by atoms with Crippen molar-refractivity contribution in [2.45, 2.75) is 24.8 Å². The second kappa shape index (κ2) is 8.73. The molecule has 152 valence electrons. The monoisotopic (exact) mass is 413 g/mol. The Hall–Kier alpha value is -2.74. The van der Waals surface area contributed by atoms with Gasteiger partial charge in [0.25, 0.3) is 5.91 Å². The fraction of sp³-hybridized carbons (Fsp3) is 0.381. The van der Waals surface area contributed by atoms with E-state index in [1.54, 1.807) is 36.5 Å². The molecule has 0 atom stereocenters. The largest absolute Gasteiger partial charge is 0.454 e. The van der Waals surface area contributed by atoms with Gasteiger partial charge in [0.1, 0.15) is 5.03 Å². The van der Waals surface area contributed by atoms with Gasteiger partial charge in [0, 0.05) is 31.0 Å². The Morgan fingerprint density at radius 1 is 1.21 bits per heavy atom. The van der Waals surface area contributed by atoms with Crippen LogP contribution in [0.3, 0.4) is 0 Å². The summed E-state index contributed by atoms with van der Waals surface area (Å²) in [6, 6.07) is 8.81. The van der Waals surface area contributed by atoms with Gasteiger partial charge in [-0.25, -0.2) is 4.98 Å². The Bertz CT molecular complexity index is 913. The smallest absolute Gasteiger partial charge is 0.256 e. The molecule has 3 heterocycles. The van der Waals surface area contributed by atoms with E-state index < -0.39 is 0 Å². The van der Waals surface area contributed by atoms with Gasteiger partial charge in [0.05, 0.1) is 11.3 Å². The summed E-state index contributed by atoms with van der Waals surface area (Å²) in [6.45, 7) is 3.94. The van der Waals surface area contributed by atoms with Crippen LogP contribution in [0.15, 0.2) is 41.6 Å². The molecule has 1 saturated heterocycles. The number of amides is 2. The topological polar surface area (TPSA) is 80.8 Å². The molecule has 0 saturated carbocycles. The molecule has 7 nitrogen and oxygen atoms in total. The number of ether oxygens (including phenoxy) is 2. The highest BCUT2D eigenvalue weighted by Gasteiger charge is 2.24. The van der Waals surface area contributed by atoms with Crippen molar-refractivity contribution in [1.82, 2.24) is 9.88 Å². The van der Waals surface area contributed by atoms with Gasteiger partial charge in [-0.15, -0.1) is 0 Å². The fourth-order valence-corrected chi connectivity index (χ4v) is 4.14. The van der Waals surface area contributed by atoms with Gasteiger partial charge < -0.3 is 19.7 Å². The van der Waals surface area contributed by atoms with Gasteiger partial charge in [-0.1, -0.05) is 18.7 Å². The van der Waals surface area contributed by atoms with Crippen molar-refractivity contribution in [2.24, 2.45) is 5.92 Å². The van der Waals surface area contributed by atoms with E-state index >= 15 is 0 Å². The lowest BCUT2D eigenvalue weighted by Crippen LogP contribution is -2.38. The molecule has 1 aromatic heterocycles. The summed E-state index contributed by atoms with van der Waals surface area (Å²) >= 11 is 1.27. The molecular formula is C21H23N3O4S. The molecule has 1 N–H and O–H groups in total. The summed E-state index contributed by atoms with van der Waals surface area (Å²) in [6.07, 6.45) is 3.69. The first-order chi connectivity index (χ1) is 14.1. The first-order valence-corrected chi connectivity index (χ1v) is 10.7. The number of thioether (sulfide) groups is 1. The van der Waals surface area contributed by atoms with Gasteiger partial charge in [-0.05, 0) is 43.0 Å². The summed E-state index contributed by atoms with van der Waals surface area (Å²) in [5, 5.41) is 3.42. The molecule has 2 aromatic rings. The summed E-state index contributed by atoms with van der Waals surface area (Å²) < 4.78 is 10.6. The van der Waals surface area contributed by atoms with Gasteiger partial charge in [-0.3, -0.25) is 9.59 Å². The number of pyridine rings is 1. The van der Waals surface area contributed by atoms with Crippen LogP contribution >= 0.6 is 11.8 Å². The van der Waals surface area contributed by atoms with Crippen LogP contribution < -0.4 is 14.8 Å². The lowest BCUT2D eigenvalue weighted by Gasteiger charge is -2.30. The number of aromatic nitrogens is 1. The third kappa shape index (κ3) is 4.64. The molecule has 2 aliphatic heterocycles. The number of hydrogen-bond acceptors (Lipinski definition) is 6. The minimum Gasteiger partial charge on any atom is -0.454 e. The van der Waals surface area contributed by atoms with Crippen LogP contribution in [0.2, 0.25) is 0 Å². The molecule has 2 amide bonds. The number of fused-ring (bicyclic) bond motifs is 1. The molecule has 2 aliphatic rings. The van der Waals surface area contributed by atoms with E-state index in [9.17, 15) is 9.59 Å². The molecule has 1 aromatic carbocycles. The maximum Gasteiger partial charge on any atom is 0.256 e. The molecule has 0 unspecified atom stereocenters. The number of carbonyl (C=O) groups is 2. The van der Waals surface area contributed by atoms with Crippen molar-refractivity contribution in [1.29, 1.82) is 0 Å². The van der Waals surface area contributed by atoms with E-state index in [0.717, 1.165) is 25.9 Å². The molecule has 29 heavy (non-hydrogen) atoms. The average molecular weight is 413 g/mol. The Balaban J connectivity index is 1.37. The van der Waals surface area contributed by atoms with Gasteiger partial charge in [0.15, 0.2) is 11.5 Å². The maximum atomic E-state index is 12.9. The van der Waals surface area contributed by atoms with Crippen LogP contribution in [0, 0.1) is 5.92 Å². The van der Waals surface area contributed by atoms with Crippen LogP contribution in [-0.2, 0) is 4.79 Å². The molecule has 0 aliphatic carbocycles. The van der Waals surface area contributed by atoms with Gasteiger partial charge in [-0.2, -0.15) is 0 Å². The fourth-order valence-electron chi connectivity index (χ4n) is 3.36. The number of rotatable bonds is 5. The number of nitrogens with one attached hydrogen (secondary N) is 1. The van der Waals surface area contributed by atoms with Crippen LogP contribution in [0.1, 0.15) is 30.1 Å². The second-order valence-corrected chi connectivity index (χ2v) is 8.20. The number of hydrogen-bond donors (Lipinski definition) is 1. The van der Waals surface area contributed by atoms with Gasteiger partial charge >= 0.3 is 0 Å². The molecule has 4 rings (SSSR count). The van der Waals surface area contributed by atoms with Crippen LogP contribution in [0.5, 0.6) is 11.5 Å². The van der Waals surface area contributed by atoms with Crippen molar-refractivity contribution in [2.75, 3.05) is 31.0 Å². The Labute approximate surface area is 173 Å². The molecular weight excluding hydrogens is 390 g/mol. The zero-order chi connectivity index (χ0) is 20.2. The van der Waals surface area contributed by atoms with Crippen molar-refractivity contribution >= 4 is 29.3 Å². The van der Waals surface area contributed by atoms with E-state index in [1.165, 1.54) is 11.8 Å². The van der Waals surface area contributed by atoms with Crippen molar-refractivity contribution in [3.63, 3.8) is 0 Å². The minimum absolute atomic E-state index is 0.0105. The second-order valence-electron chi connectivity index (χ2n) is 7.24. The van der Waals surface area contributed by atoms with Crippen molar-refractivity contribution in [3.05, 3.63) is 42.1 Å². The lowest BCUT2D eigenvalue weighted by molar-refractivity contribution is -0.113. The highest BCUT2D eigenvalue weighted by molar-refractivity contribution is 8.00. The lowest BCUT2D eigenvalue weighted by atomic mass is 9.99. The van der Waals surface area contributed by atoms with Crippen molar-refractivity contribution in [3.8, 4) is 11.5 Å². The standard InChI is InChI=1S/C21H23N3O4S/c1-14-6-9-24(10-7-14)21(26)16-3-2-8-22-20(16)29-12-19(25)23-15-4-5-17-18(11-15)28-13-27-17/h2-5,8,11,14H,6-7,9-10,12-13H2,1H3,(H,23,25). The normalized spacial score (nSPS) is 16.0. The quantitative estimate of drug-likeness (QED) is 0.757. The molecule has 8 heteroatoms. The van der Waals surface area contributed by atoms with E-state index in [-0.39, 0.29) is 24.4 Å². The highest BCUT2D eigenvalue weighted by Crippen LogP contribution is 2.34. The summed E-state index contributed by atoms with van der Waals surface area (Å²) in [5.74, 6) is 1.91. The third-order valence-electron chi connectivity index (χ3n) is 5.07. The molecule has 1 fully saturated rings.